The number of benzene rings is 1. The van der Waals surface area contributed by atoms with E-state index >= 15 is 0 Å². The summed E-state index contributed by atoms with van der Waals surface area (Å²) in [7, 11) is 0. The molecule has 102 valence electrons. The minimum absolute atomic E-state index is 0.0328. The Kier molecular flexibility index (Phi) is 3.85. The maximum atomic E-state index is 12.1. The lowest BCUT2D eigenvalue weighted by Crippen LogP contribution is -2.43. The molecule has 5 heteroatoms. The van der Waals surface area contributed by atoms with E-state index in [0.29, 0.717) is 18.5 Å². The van der Waals surface area contributed by atoms with E-state index in [0.717, 1.165) is 11.3 Å². The van der Waals surface area contributed by atoms with Gasteiger partial charge >= 0.3 is 0 Å². The summed E-state index contributed by atoms with van der Waals surface area (Å²) >= 11 is 0. The van der Waals surface area contributed by atoms with E-state index in [1.54, 1.807) is 18.2 Å². The number of carbonyl (C=O) groups is 2. The SMILES string of the molecule is CC(C)C(CN)NC(=O)c1ccc2c(c1)CC(=O)N2. The Morgan fingerprint density at radius 1 is 1.47 bits per heavy atom. The Morgan fingerprint density at radius 2 is 2.21 bits per heavy atom. The fraction of sp³-hybridized carbons (Fsp3) is 0.429. The number of fused-ring (bicyclic) bond motifs is 1. The maximum absolute atomic E-state index is 12.1. The molecule has 1 aromatic carbocycles. The van der Waals surface area contributed by atoms with Gasteiger partial charge in [0.15, 0.2) is 0 Å². The zero-order valence-electron chi connectivity index (χ0n) is 11.2. The standard InChI is InChI=1S/C14H19N3O2/c1-8(2)12(7-15)17-14(19)9-3-4-11-10(5-9)6-13(18)16-11/h3-5,8,12H,6-7,15H2,1-2H3,(H,16,18)(H,17,19). The van der Waals surface area contributed by atoms with Crippen LogP contribution < -0.4 is 16.4 Å². The Balaban J connectivity index is 2.12. The Bertz CT molecular complexity index is 511. The molecule has 1 unspecified atom stereocenters. The second-order valence-corrected chi connectivity index (χ2v) is 5.16. The second-order valence-electron chi connectivity index (χ2n) is 5.16. The van der Waals surface area contributed by atoms with Crippen molar-refractivity contribution in [1.82, 2.24) is 5.32 Å². The summed E-state index contributed by atoms with van der Waals surface area (Å²) < 4.78 is 0. The van der Waals surface area contributed by atoms with E-state index in [1.807, 2.05) is 13.8 Å². The number of carbonyl (C=O) groups excluding carboxylic acids is 2. The Morgan fingerprint density at radius 3 is 2.84 bits per heavy atom. The first-order valence-corrected chi connectivity index (χ1v) is 6.45. The summed E-state index contributed by atoms with van der Waals surface area (Å²) in [6.45, 7) is 4.45. The van der Waals surface area contributed by atoms with E-state index in [4.69, 9.17) is 5.73 Å². The lowest BCUT2D eigenvalue weighted by Gasteiger charge is -2.20. The van der Waals surface area contributed by atoms with Crippen LogP contribution in [0.4, 0.5) is 5.69 Å². The fourth-order valence-electron chi connectivity index (χ4n) is 2.12. The van der Waals surface area contributed by atoms with Crippen LogP contribution in [0, 0.1) is 5.92 Å². The highest BCUT2D eigenvalue weighted by atomic mass is 16.2. The molecule has 2 rings (SSSR count). The van der Waals surface area contributed by atoms with Crippen LogP contribution in [0.3, 0.4) is 0 Å². The molecular formula is C14H19N3O2. The van der Waals surface area contributed by atoms with Gasteiger partial charge in [0.05, 0.1) is 6.42 Å². The number of anilines is 1. The zero-order valence-corrected chi connectivity index (χ0v) is 11.2. The lowest BCUT2D eigenvalue weighted by atomic mass is 10.0. The minimum Gasteiger partial charge on any atom is -0.348 e. The van der Waals surface area contributed by atoms with Crippen LogP contribution in [0.25, 0.3) is 0 Å². The van der Waals surface area contributed by atoms with E-state index < -0.39 is 0 Å². The highest BCUT2D eigenvalue weighted by Gasteiger charge is 2.20. The second kappa shape index (κ2) is 5.40. The predicted octanol–water partition coefficient (Wildman–Crippen LogP) is 0.894. The van der Waals surface area contributed by atoms with E-state index in [-0.39, 0.29) is 23.8 Å². The first-order chi connectivity index (χ1) is 9.01. The largest absolute Gasteiger partial charge is 0.348 e. The average Bonchev–Trinajstić information content (AvgIpc) is 2.74. The molecular weight excluding hydrogens is 242 g/mol. The third kappa shape index (κ3) is 2.93. The molecule has 4 N–H and O–H groups in total. The number of rotatable bonds is 4. The molecule has 19 heavy (non-hydrogen) atoms. The molecule has 1 heterocycles. The van der Waals surface area contributed by atoms with Gasteiger partial charge in [0, 0.05) is 23.8 Å². The lowest BCUT2D eigenvalue weighted by molar-refractivity contribution is -0.115. The van der Waals surface area contributed by atoms with Crippen molar-refractivity contribution < 1.29 is 9.59 Å². The molecule has 1 aliphatic rings. The summed E-state index contributed by atoms with van der Waals surface area (Å²) in [6.07, 6.45) is 0.334. The number of amides is 2. The number of hydrogen-bond donors (Lipinski definition) is 3. The molecule has 0 radical (unpaired) electrons. The highest BCUT2D eigenvalue weighted by molar-refractivity contribution is 6.01. The van der Waals surface area contributed by atoms with Crippen molar-refractivity contribution in [2.24, 2.45) is 11.7 Å². The van der Waals surface area contributed by atoms with E-state index in [1.165, 1.54) is 0 Å². The molecule has 0 saturated carbocycles. The third-order valence-corrected chi connectivity index (χ3v) is 3.37. The summed E-state index contributed by atoms with van der Waals surface area (Å²) in [4.78, 5) is 23.4. The molecule has 1 aromatic rings. The van der Waals surface area contributed by atoms with Crippen molar-refractivity contribution in [3.05, 3.63) is 29.3 Å². The molecule has 2 amide bonds. The average molecular weight is 261 g/mol. The van der Waals surface area contributed by atoms with Gasteiger partial charge in [-0.3, -0.25) is 9.59 Å². The van der Waals surface area contributed by atoms with E-state index in [2.05, 4.69) is 10.6 Å². The third-order valence-electron chi connectivity index (χ3n) is 3.37. The molecule has 0 aliphatic carbocycles. The summed E-state index contributed by atoms with van der Waals surface area (Å²) in [5.74, 6) is 0.104. The van der Waals surface area contributed by atoms with Crippen LogP contribution in [0.2, 0.25) is 0 Å². The molecule has 1 atom stereocenters. The topological polar surface area (TPSA) is 84.2 Å². The molecule has 0 spiro atoms. The molecule has 0 bridgehead atoms. The van der Waals surface area contributed by atoms with Gasteiger partial charge in [0.25, 0.3) is 5.91 Å². The van der Waals surface area contributed by atoms with Crippen molar-refractivity contribution in [3.8, 4) is 0 Å². The normalized spacial score (nSPS) is 15.1. The van der Waals surface area contributed by atoms with Crippen molar-refractivity contribution in [2.45, 2.75) is 26.3 Å². The van der Waals surface area contributed by atoms with Crippen molar-refractivity contribution >= 4 is 17.5 Å². The molecule has 5 nitrogen and oxygen atoms in total. The van der Waals surface area contributed by atoms with Gasteiger partial charge in [0.2, 0.25) is 5.91 Å². The molecule has 0 aromatic heterocycles. The van der Waals surface area contributed by atoms with Gasteiger partial charge in [-0.1, -0.05) is 13.8 Å². The van der Waals surface area contributed by atoms with Crippen LogP contribution in [0.5, 0.6) is 0 Å². The van der Waals surface area contributed by atoms with Gasteiger partial charge in [-0.05, 0) is 29.7 Å². The van der Waals surface area contributed by atoms with Gasteiger partial charge in [-0.2, -0.15) is 0 Å². The van der Waals surface area contributed by atoms with Gasteiger partial charge in [-0.25, -0.2) is 0 Å². The molecule has 0 fully saturated rings. The predicted molar refractivity (Wildman–Crippen MR) is 73.9 cm³/mol. The van der Waals surface area contributed by atoms with E-state index in [9.17, 15) is 9.59 Å². The van der Waals surface area contributed by atoms with Crippen LogP contribution in [0.1, 0.15) is 29.8 Å². The van der Waals surface area contributed by atoms with Crippen LogP contribution in [0.15, 0.2) is 18.2 Å². The monoisotopic (exact) mass is 261 g/mol. The minimum atomic E-state index is -0.147. The van der Waals surface area contributed by atoms with Gasteiger partial charge in [-0.15, -0.1) is 0 Å². The number of hydrogen-bond acceptors (Lipinski definition) is 3. The first kappa shape index (κ1) is 13.5. The Labute approximate surface area is 112 Å². The number of nitrogens with two attached hydrogens (primary N) is 1. The van der Waals surface area contributed by atoms with Crippen molar-refractivity contribution in [2.75, 3.05) is 11.9 Å². The zero-order chi connectivity index (χ0) is 14.0. The van der Waals surface area contributed by atoms with Crippen LogP contribution in [-0.2, 0) is 11.2 Å². The van der Waals surface area contributed by atoms with Gasteiger partial charge < -0.3 is 16.4 Å². The summed E-state index contributed by atoms with van der Waals surface area (Å²) in [5, 5.41) is 5.66. The first-order valence-electron chi connectivity index (χ1n) is 6.45. The smallest absolute Gasteiger partial charge is 0.251 e. The molecule has 0 saturated heterocycles. The summed E-state index contributed by atoms with van der Waals surface area (Å²) in [5.41, 5.74) is 7.86. The summed E-state index contributed by atoms with van der Waals surface area (Å²) in [6, 6.07) is 5.20. The van der Waals surface area contributed by atoms with Crippen LogP contribution in [-0.4, -0.2) is 24.4 Å². The highest BCUT2D eigenvalue weighted by Crippen LogP contribution is 2.23. The van der Waals surface area contributed by atoms with Crippen molar-refractivity contribution in [3.63, 3.8) is 0 Å². The Hall–Kier alpha value is -1.88. The maximum Gasteiger partial charge on any atom is 0.251 e. The fourth-order valence-corrected chi connectivity index (χ4v) is 2.12. The quantitative estimate of drug-likeness (QED) is 0.752. The van der Waals surface area contributed by atoms with Crippen LogP contribution >= 0.6 is 0 Å². The number of nitrogens with one attached hydrogen (secondary N) is 2. The van der Waals surface area contributed by atoms with Crippen molar-refractivity contribution in [1.29, 1.82) is 0 Å². The molecule has 1 aliphatic heterocycles. The van der Waals surface area contributed by atoms with Gasteiger partial charge in [0.1, 0.15) is 0 Å².